The largest absolute Gasteiger partial charge is 0.493 e. The Balaban J connectivity index is 1.79. The van der Waals surface area contributed by atoms with E-state index >= 15 is 0 Å². The second kappa shape index (κ2) is 10.8. The van der Waals surface area contributed by atoms with Gasteiger partial charge in [0.2, 0.25) is 5.75 Å². The van der Waals surface area contributed by atoms with Gasteiger partial charge in [-0.2, -0.15) is 5.26 Å². The Morgan fingerprint density at radius 3 is 2.43 bits per heavy atom. The summed E-state index contributed by atoms with van der Waals surface area (Å²) in [6.45, 7) is 0.381. The third-order valence-corrected chi connectivity index (χ3v) is 7.10. The van der Waals surface area contributed by atoms with Crippen LogP contribution in [0.4, 0.5) is 11.5 Å². The summed E-state index contributed by atoms with van der Waals surface area (Å²) in [4.78, 5) is 18.1. The number of halogens is 1. The van der Waals surface area contributed by atoms with Gasteiger partial charge in [-0.05, 0) is 41.8 Å². The molecule has 0 atom stereocenters. The molecule has 0 bridgehead atoms. The van der Waals surface area contributed by atoms with Crippen molar-refractivity contribution in [2.24, 2.45) is 0 Å². The van der Waals surface area contributed by atoms with Crippen LogP contribution in [0.2, 0.25) is 5.02 Å². The zero-order valence-electron chi connectivity index (χ0n) is 20.3. The van der Waals surface area contributed by atoms with Crippen LogP contribution in [0.25, 0.3) is 21.3 Å². The van der Waals surface area contributed by atoms with Crippen molar-refractivity contribution < 1.29 is 19.0 Å². The summed E-state index contributed by atoms with van der Waals surface area (Å²) in [6.07, 6.45) is 0.595. The van der Waals surface area contributed by atoms with Gasteiger partial charge in [-0.1, -0.05) is 23.7 Å². The summed E-state index contributed by atoms with van der Waals surface area (Å²) < 4.78 is 16.4. The first-order valence-corrected chi connectivity index (χ1v) is 12.3. The van der Waals surface area contributed by atoms with E-state index in [1.807, 2.05) is 18.2 Å². The number of carbonyl (C=O) groups is 1. The molecule has 0 unspecified atom stereocenters. The molecule has 190 valence electrons. The van der Waals surface area contributed by atoms with Crippen molar-refractivity contribution in [2.75, 3.05) is 39.3 Å². The standard InChI is InChI=1S/C26H24ClN5O4S/c1-34-17-10-14(11-18(35-2)22(17)36-3)19-16(12-28)24(30)32-26-20(19)21(29)23(37-26)25(33)31-8-7-13-5-4-6-15(27)9-13/h4-6,9-11H,7-8,29H2,1-3H3,(H2,30,32)(H,31,33). The fraction of sp³-hybridized carbons (Fsp3) is 0.192. The Labute approximate surface area is 222 Å². The number of benzene rings is 2. The normalized spacial score (nSPS) is 10.7. The summed E-state index contributed by atoms with van der Waals surface area (Å²) in [5.41, 5.74) is 15.0. The van der Waals surface area contributed by atoms with Gasteiger partial charge in [-0.15, -0.1) is 11.3 Å². The molecule has 0 fully saturated rings. The highest BCUT2D eigenvalue weighted by atomic mass is 35.5. The molecule has 9 nitrogen and oxygen atoms in total. The Morgan fingerprint density at radius 1 is 1.14 bits per heavy atom. The first-order chi connectivity index (χ1) is 17.8. The van der Waals surface area contributed by atoms with E-state index in [0.29, 0.717) is 56.6 Å². The molecule has 1 amide bonds. The number of rotatable bonds is 8. The number of nitrogen functional groups attached to an aromatic ring is 2. The molecular formula is C26H24ClN5O4S. The lowest BCUT2D eigenvalue weighted by Crippen LogP contribution is -2.25. The number of carbonyl (C=O) groups excluding carboxylic acids is 1. The minimum absolute atomic E-state index is 0.0212. The number of ether oxygens (including phenoxy) is 3. The fourth-order valence-corrected chi connectivity index (χ4v) is 5.30. The minimum atomic E-state index is -0.351. The molecule has 4 rings (SSSR count). The fourth-order valence-electron chi connectivity index (χ4n) is 4.06. The van der Waals surface area contributed by atoms with E-state index in [9.17, 15) is 10.1 Å². The molecule has 37 heavy (non-hydrogen) atoms. The van der Waals surface area contributed by atoms with Crippen molar-refractivity contribution in [2.45, 2.75) is 6.42 Å². The Bertz CT molecular complexity index is 1520. The number of hydrogen-bond acceptors (Lipinski definition) is 9. The smallest absolute Gasteiger partial charge is 0.263 e. The molecule has 4 aromatic rings. The van der Waals surface area contributed by atoms with Crippen molar-refractivity contribution >= 4 is 50.6 Å². The average molecular weight is 538 g/mol. The highest BCUT2D eigenvalue weighted by molar-refractivity contribution is 7.21. The van der Waals surface area contributed by atoms with E-state index in [4.69, 9.17) is 37.3 Å². The Morgan fingerprint density at radius 2 is 1.84 bits per heavy atom. The molecule has 0 aliphatic carbocycles. The number of anilines is 2. The predicted octanol–water partition coefficient (Wildman–Crippen LogP) is 4.65. The Hall–Kier alpha value is -4.20. The number of nitriles is 1. The summed E-state index contributed by atoms with van der Waals surface area (Å²) in [5.74, 6) is 0.834. The number of fused-ring (bicyclic) bond motifs is 1. The van der Waals surface area contributed by atoms with Gasteiger partial charge in [-0.25, -0.2) is 4.98 Å². The molecule has 0 radical (unpaired) electrons. The molecule has 2 aromatic heterocycles. The molecule has 0 spiro atoms. The summed E-state index contributed by atoms with van der Waals surface area (Å²) in [7, 11) is 4.48. The van der Waals surface area contributed by atoms with Crippen LogP contribution in [0.1, 0.15) is 20.8 Å². The van der Waals surface area contributed by atoms with E-state index in [1.54, 1.807) is 18.2 Å². The summed E-state index contributed by atoms with van der Waals surface area (Å²) >= 11 is 7.15. The quantitative estimate of drug-likeness (QED) is 0.294. The maximum Gasteiger partial charge on any atom is 0.263 e. The molecule has 2 heterocycles. The van der Waals surface area contributed by atoms with Crippen molar-refractivity contribution in [1.29, 1.82) is 5.26 Å². The highest BCUT2D eigenvalue weighted by Crippen LogP contribution is 2.47. The van der Waals surface area contributed by atoms with Crippen molar-refractivity contribution in [3.8, 4) is 34.4 Å². The number of methoxy groups -OCH3 is 3. The van der Waals surface area contributed by atoms with Gasteiger partial charge in [0.1, 0.15) is 27.2 Å². The van der Waals surface area contributed by atoms with Crippen LogP contribution in [0.3, 0.4) is 0 Å². The lowest BCUT2D eigenvalue weighted by atomic mass is 9.96. The van der Waals surface area contributed by atoms with Crippen molar-refractivity contribution in [3.05, 3.63) is 57.4 Å². The predicted molar refractivity (Wildman–Crippen MR) is 146 cm³/mol. The zero-order valence-corrected chi connectivity index (χ0v) is 21.9. The summed E-state index contributed by atoms with van der Waals surface area (Å²) in [5, 5.41) is 13.9. The molecule has 5 N–H and O–H groups in total. The molecule has 0 aliphatic rings. The lowest BCUT2D eigenvalue weighted by Gasteiger charge is -2.16. The van der Waals surface area contributed by atoms with E-state index in [-0.39, 0.29) is 27.9 Å². The molecule has 2 aromatic carbocycles. The number of pyridine rings is 1. The molecule has 0 aliphatic heterocycles. The van der Waals surface area contributed by atoms with E-state index in [1.165, 1.54) is 21.3 Å². The SMILES string of the molecule is COc1cc(-c2c(C#N)c(N)nc3sc(C(=O)NCCc4cccc(Cl)c4)c(N)c23)cc(OC)c1OC. The second-order valence-electron chi connectivity index (χ2n) is 7.93. The van der Waals surface area contributed by atoms with Gasteiger partial charge < -0.3 is 31.0 Å². The van der Waals surface area contributed by atoms with E-state index < -0.39 is 0 Å². The number of aromatic nitrogens is 1. The minimum Gasteiger partial charge on any atom is -0.493 e. The maximum absolute atomic E-state index is 13.1. The van der Waals surface area contributed by atoms with Crippen LogP contribution < -0.4 is 31.0 Å². The van der Waals surface area contributed by atoms with Crippen LogP contribution in [-0.2, 0) is 6.42 Å². The van der Waals surface area contributed by atoms with Gasteiger partial charge in [0, 0.05) is 22.5 Å². The van der Waals surface area contributed by atoms with Crippen LogP contribution in [-0.4, -0.2) is 38.8 Å². The number of nitrogens with zero attached hydrogens (tertiary/aromatic N) is 2. The highest BCUT2D eigenvalue weighted by Gasteiger charge is 2.26. The lowest BCUT2D eigenvalue weighted by molar-refractivity contribution is 0.0959. The van der Waals surface area contributed by atoms with Gasteiger partial charge in [-0.3, -0.25) is 4.79 Å². The number of amides is 1. The van der Waals surface area contributed by atoms with Gasteiger partial charge in [0.05, 0.1) is 27.0 Å². The number of nitrogens with one attached hydrogen (secondary N) is 1. The van der Waals surface area contributed by atoms with E-state index in [2.05, 4.69) is 16.4 Å². The molecule has 0 saturated heterocycles. The van der Waals surface area contributed by atoms with E-state index in [0.717, 1.165) is 16.9 Å². The monoisotopic (exact) mass is 537 g/mol. The first-order valence-electron chi connectivity index (χ1n) is 11.1. The van der Waals surface area contributed by atoms with Crippen LogP contribution in [0.5, 0.6) is 17.2 Å². The Kier molecular flexibility index (Phi) is 7.57. The molecule has 0 saturated carbocycles. The van der Waals surface area contributed by atoms with Crippen LogP contribution in [0, 0.1) is 11.3 Å². The molecule has 11 heteroatoms. The number of nitrogens with two attached hydrogens (primary N) is 2. The second-order valence-corrected chi connectivity index (χ2v) is 9.37. The van der Waals surface area contributed by atoms with Gasteiger partial charge in [0.15, 0.2) is 11.5 Å². The van der Waals surface area contributed by atoms with Crippen LogP contribution >= 0.6 is 22.9 Å². The summed E-state index contributed by atoms with van der Waals surface area (Å²) in [6, 6.07) is 12.9. The average Bonchev–Trinajstić information content (AvgIpc) is 3.22. The van der Waals surface area contributed by atoms with Gasteiger partial charge in [0.25, 0.3) is 5.91 Å². The third kappa shape index (κ3) is 4.91. The van der Waals surface area contributed by atoms with Gasteiger partial charge >= 0.3 is 0 Å². The van der Waals surface area contributed by atoms with Crippen molar-refractivity contribution in [1.82, 2.24) is 10.3 Å². The number of hydrogen-bond donors (Lipinski definition) is 3. The van der Waals surface area contributed by atoms with Crippen LogP contribution in [0.15, 0.2) is 36.4 Å². The first kappa shape index (κ1) is 25.9. The number of thiophene rings is 1. The third-order valence-electron chi connectivity index (χ3n) is 5.76. The molecular weight excluding hydrogens is 514 g/mol. The van der Waals surface area contributed by atoms with Crippen molar-refractivity contribution in [3.63, 3.8) is 0 Å². The topological polar surface area (TPSA) is 146 Å². The maximum atomic E-state index is 13.1. The zero-order chi connectivity index (χ0) is 26.7.